The first-order valence-corrected chi connectivity index (χ1v) is 7.82. The van der Waals surface area contributed by atoms with Gasteiger partial charge in [-0.25, -0.2) is 0 Å². The van der Waals surface area contributed by atoms with Gasteiger partial charge in [0.2, 0.25) is 0 Å². The van der Waals surface area contributed by atoms with Crippen LogP contribution in [0, 0.1) is 0 Å². The molecule has 2 rings (SSSR count). The van der Waals surface area contributed by atoms with Gasteiger partial charge in [-0.1, -0.05) is 41.9 Å². The van der Waals surface area contributed by atoms with Gasteiger partial charge in [0.25, 0.3) is 5.91 Å². The minimum atomic E-state index is -0.505. The van der Waals surface area contributed by atoms with E-state index in [2.05, 4.69) is 5.32 Å². The third kappa shape index (κ3) is 5.23. The number of hydrogen-bond acceptors (Lipinski definition) is 4. The monoisotopic (exact) mass is 349 g/mol. The second-order valence-corrected chi connectivity index (χ2v) is 5.46. The minimum absolute atomic E-state index is 0.229. The first kappa shape index (κ1) is 18.3. The third-order valence-corrected chi connectivity index (χ3v) is 3.62. The van der Waals surface area contributed by atoms with E-state index in [1.165, 1.54) is 14.2 Å². The van der Waals surface area contributed by atoms with Gasteiger partial charge in [-0.2, -0.15) is 0 Å². The van der Waals surface area contributed by atoms with Crippen molar-refractivity contribution in [2.75, 3.05) is 20.8 Å². The Kier molecular flexibility index (Phi) is 7.06. The highest BCUT2D eigenvalue weighted by molar-refractivity contribution is 6.30. The molecule has 0 fully saturated rings. The molecule has 0 aliphatic carbocycles. The zero-order valence-corrected chi connectivity index (χ0v) is 14.4. The SMILES string of the molecule is COC(CNC(=O)c1ccc(Cl)cc1OCc1ccccc1)OC. The second-order valence-electron chi connectivity index (χ2n) is 5.03. The lowest BCUT2D eigenvalue weighted by atomic mass is 10.2. The number of nitrogens with one attached hydrogen (secondary N) is 1. The van der Waals surface area contributed by atoms with Crippen LogP contribution in [0.4, 0.5) is 0 Å². The Hall–Kier alpha value is -2.08. The predicted octanol–water partition coefficient (Wildman–Crippen LogP) is 3.27. The number of hydrogen-bond donors (Lipinski definition) is 1. The average molecular weight is 350 g/mol. The molecular formula is C18H20ClNO4. The molecule has 0 aliphatic rings. The van der Waals surface area contributed by atoms with Crippen molar-refractivity contribution in [3.05, 3.63) is 64.7 Å². The molecule has 0 atom stereocenters. The molecule has 0 saturated heterocycles. The Labute approximate surface area is 146 Å². The highest BCUT2D eigenvalue weighted by atomic mass is 35.5. The summed E-state index contributed by atoms with van der Waals surface area (Å²) in [6.45, 7) is 0.576. The number of ether oxygens (including phenoxy) is 3. The van der Waals surface area contributed by atoms with Gasteiger partial charge < -0.3 is 19.5 Å². The summed E-state index contributed by atoms with van der Waals surface area (Å²) in [5.74, 6) is 0.143. The van der Waals surface area contributed by atoms with Crippen molar-refractivity contribution in [3.63, 3.8) is 0 Å². The van der Waals surface area contributed by atoms with Gasteiger partial charge in [-0.3, -0.25) is 4.79 Å². The van der Waals surface area contributed by atoms with Gasteiger partial charge in [0.05, 0.1) is 12.1 Å². The Morgan fingerprint density at radius 3 is 2.50 bits per heavy atom. The molecule has 2 aromatic carbocycles. The molecule has 0 saturated carbocycles. The van der Waals surface area contributed by atoms with Crippen LogP contribution in [0.2, 0.25) is 5.02 Å². The van der Waals surface area contributed by atoms with Gasteiger partial charge in [0.1, 0.15) is 12.4 Å². The van der Waals surface area contributed by atoms with Crippen LogP contribution < -0.4 is 10.1 Å². The summed E-state index contributed by atoms with van der Waals surface area (Å²) >= 11 is 6.02. The van der Waals surface area contributed by atoms with E-state index in [-0.39, 0.29) is 12.5 Å². The van der Waals surface area contributed by atoms with Crippen LogP contribution >= 0.6 is 11.6 Å². The Balaban J connectivity index is 2.07. The van der Waals surface area contributed by atoms with Crippen LogP contribution in [-0.2, 0) is 16.1 Å². The lowest BCUT2D eigenvalue weighted by Gasteiger charge is -2.16. The standard InChI is InChI=1S/C18H20ClNO4/c1-22-17(23-2)11-20-18(21)15-9-8-14(19)10-16(15)24-12-13-6-4-3-5-7-13/h3-10,17H,11-12H2,1-2H3,(H,20,21). The molecule has 6 heteroatoms. The van der Waals surface area contributed by atoms with Crippen molar-refractivity contribution in [3.8, 4) is 5.75 Å². The van der Waals surface area contributed by atoms with Crippen LogP contribution in [0.5, 0.6) is 5.75 Å². The average Bonchev–Trinajstić information content (AvgIpc) is 2.61. The summed E-state index contributed by atoms with van der Waals surface area (Å²) in [7, 11) is 3.02. The number of benzene rings is 2. The predicted molar refractivity (Wildman–Crippen MR) is 92.4 cm³/mol. The maximum absolute atomic E-state index is 12.4. The summed E-state index contributed by atoms with van der Waals surface area (Å²) in [5.41, 5.74) is 1.41. The van der Waals surface area contributed by atoms with Crippen molar-refractivity contribution >= 4 is 17.5 Å². The van der Waals surface area contributed by atoms with Crippen molar-refractivity contribution in [2.24, 2.45) is 0 Å². The highest BCUT2D eigenvalue weighted by Crippen LogP contribution is 2.24. The van der Waals surface area contributed by atoms with Crippen LogP contribution in [0.3, 0.4) is 0 Å². The quantitative estimate of drug-likeness (QED) is 0.743. The normalized spacial score (nSPS) is 10.7. The largest absolute Gasteiger partial charge is 0.488 e. The van der Waals surface area contributed by atoms with E-state index in [4.69, 9.17) is 25.8 Å². The molecule has 2 aromatic rings. The van der Waals surface area contributed by atoms with Gasteiger partial charge in [0.15, 0.2) is 6.29 Å². The van der Waals surface area contributed by atoms with Crippen LogP contribution in [0.15, 0.2) is 48.5 Å². The third-order valence-electron chi connectivity index (χ3n) is 3.38. The molecule has 0 aliphatic heterocycles. The van der Waals surface area contributed by atoms with Gasteiger partial charge in [0, 0.05) is 19.2 Å². The zero-order chi connectivity index (χ0) is 17.4. The molecule has 24 heavy (non-hydrogen) atoms. The Morgan fingerprint density at radius 2 is 1.83 bits per heavy atom. The van der Waals surface area contributed by atoms with E-state index >= 15 is 0 Å². The minimum Gasteiger partial charge on any atom is -0.488 e. The number of amides is 1. The van der Waals surface area contributed by atoms with Crippen LogP contribution in [0.1, 0.15) is 15.9 Å². The van der Waals surface area contributed by atoms with E-state index in [1.54, 1.807) is 18.2 Å². The van der Waals surface area contributed by atoms with Crippen LogP contribution in [-0.4, -0.2) is 33.0 Å². The summed E-state index contributed by atoms with van der Waals surface area (Å²) in [5, 5.41) is 3.25. The first-order chi connectivity index (χ1) is 11.6. The number of rotatable bonds is 8. The van der Waals surface area contributed by atoms with Gasteiger partial charge >= 0.3 is 0 Å². The van der Waals surface area contributed by atoms with Crippen LogP contribution in [0.25, 0.3) is 0 Å². The molecule has 128 valence electrons. The van der Waals surface area contributed by atoms with Crippen molar-refractivity contribution in [1.82, 2.24) is 5.32 Å². The lowest BCUT2D eigenvalue weighted by molar-refractivity contribution is -0.0974. The van der Waals surface area contributed by atoms with Gasteiger partial charge in [-0.05, 0) is 23.8 Å². The molecule has 0 heterocycles. The van der Waals surface area contributed by atoms with Crippen molar-refractivity contribution in [1.29, 1.82) is 0 Å². The molecule has 0 spiro atoms. The maximum atomic E-state index is 12.4. The maximum Gasteiger partial charge on any atom is 0.255 e. The molecule has 0 aromatic heterocycles. The topological polar surface area (TPSA) is 56.8 Å². The number of methoxy groups -OCH3 is 2. The number of halogens is 1. The van der Waals surface area contributed by atoms with E-state index in [0.29, 0.717) is 22.9 Å². The Morgan fingerprint density at radius 1 is 1.12 bits per heavy atom. The molecule has 0 bridgehead atoms. The summed E-state index contributed by atoms with van der Waals surface area (Å²) < 4.78 is 15.9. The fourth-order valence-electron chi connectivity index (χ4n) is 2.07. The molecule has 0 unspecified atom stereocenters. The van der Waals surface area contributed by atoms with Crippen molar-refractivity contribution in [2.45, 2.75) is 12.9 Å². The Bertz CT molecular complexity index is 659. The lowest BCUT2D eigenvalue weighted by Crippen LogP contribution is -2.34. The van der Waals surface area contributed by atoms with E-state index in [9.17, 15) is 4.79 Å². The first-order valence-electron chi connectivity index (χ1n) is 7.44. The number of carbonyl (C=O) groups is 1. The van der Waals surface area contributed by atoms with Gasteiger partial charge in [-0.15, -0.1) is 0 Å². The second kappa shape index (κ2) is 9.27. The smallest absolute Gasteiger partial charge is 0.255 e. The highest BCUT2D eigenvalue weighted by Gasteiger charge is 2.15. The molecular weight excluding hydrogens is 330 g/mol. The fraction of sp³-hybridized carbons (Fsp3) is 0.278. The molecule has 0 radical (unpaired) electrons. The van der Waals surface area contributed by atoms with Crippen molar-refractivity contribution < 1.29 is 19.0 Å². The fourth-order valence-corrected chi connectivity index (χ4v) is 2.23. The summed E-state index contributed by atoms with van der Waals surface area (Å²) in [6.07, 6.45) is -0.505. The molecule has 5 nitrogen and oxygen atoms in total. The molecule has 1 amide bonds. The number of carbonyl (C=O) groups excluding carboxylic acids is 1. The van der Waals surface area contributed by atoms with E-state index in [1.807, 2.05) is 30.3 Å². The van der Waals surface area contributed by atoms with E-state index in [0.717, 1.165) is 5.56 Å². The van der Waals surface area contributed by atoms with E-state index < -0.39 is 6.29 Å². The zero-order valence-electron chi connectivity index (χ0n) is 13.6. The molecule has 1 N–H and O–H groups in total. The summed E-state index contributed by atoms with van der Waals surface area (Å²) in [6, 6.07) is 14.6. The summed E-state index contributed by atoms with van der Waals surface area (Å²) in [4.78, 5) is 12.4.